The third-order valence-electron chi connectivity index (χ3n) is 4.94. The molecule has 1 saturated heterocycles. The van der Waals surface area contributed by atoms with Gasteiger partial charge in [0.15, 0.2) is 0 Å². The maximum atomic E-state index is 13.1. The summed E-state index contributed by atoms with van der Waals surface area (Å²) in [7, 11) is 0. The SMILES string of the molecule is CC(C)C1(CC(=O)N(CCO)CCO)NC(=O)N(NC(=O)Nc2ccc(Br)cc2)C1=O. The fraction of sp³-hybridized carbons (Fsp3) is 0.474. The van der Waals surface area contributed by atoms with E-state index in [2.05, 4.69) is 32.0 Å². The topological polar surface area (TPSA) is 151 Å². The number of rotatable bonds is 9. The Kier molecular flexibility index (Phi) is 8.36. The molecule has 0 radical (unpaired) electrons. The van der Waals surface area contributed by atoms with Gasteiger partial charge in [-0.2, -0.15) is 5.01 Å². The van der Waals surface area contributed by atoms with Gasteiger partial charge < -0.3 is 25.7 Å². The van der Waals surface area contributed by atoms with Gasteiger partial charge in [-0.05, 0) is 30.2 Å². The molecule has 11 nitrogen and oxygen atoms in total. The third-order valence-corrected chi connectivity index (χ3v) is 5.47. The van der Waals surface area contributed by atoms with Crippen molar-refractivity contribution in [2.24, 2.45) is 5.92 Å². The number of imide groups is 1. The highest BCUT2D eigenvalue weighted by Gasteiger charge is 2.55. The molecule has 1 fully saturated rings. The molecule has 2 rings (SSSR count). The largest absolute Gasteiger partial charge is 0.395 e. The molecule has 1 aromatic rings. The van der Waals surface area contributed by atoms with Gasteiger partial charge >= 0.3 is 12.1 Å². The number of nitrogens with zero attached hydrogens (tertiary/aromatic N) is 2. The first-order valence-corrected chi connectivity index (χ1v) is 10.4. The van der Waals surface area contributed by atoms with E-state index in [0.717, 1.165) is 4.47 Å². The first-order chi connectivity index (χ1) is 14.6. The summed E-state index contributed by atoms with van der Waals surface area (Å²) in [6, 6.07) is 5.01. The maximum Gasteiger partial charge on any atom is 0.344 e. The molecular formula is C19H26BrN5O6. The molecule has 6 amide bonds. The van der Waals surface area contributed by atoms with Crippen LogP contribution in [0, 0.1) is 5.92 Å². The number of hydrogen-bond acceptors (Lipinski definition) is 6. The van der Waals surface area contributed by atoms with E-state index in [9.17, 15) is 19.2 Å². The predicted molar refractivity (Wildman–Crippen MR) is 115 cm³/mol. The first kappa shape index (κ1) is 24.6. The summed E-state index contributed by atoms with van der Waals surface area (Å²) in [6.07, 6.45) is -0.387. The van der Waals surface area contributed by atoms with Crippen LogP contribution >= 0.6 is 15.9 Å². The van der Waals surface area contributed by atoms with Crippen LogP contribution in [0.4, 0.5) is 15.3 Å². The third kappa shape index (κ3) is 5.71. The summed E-state index contributed by atoms with van der Waals surface area (Å²) >= 11 is 3.28. The van der Waals surface area contributed by atoms with Crippen LogP contribution in [0.2, 0.25) is 0 Å². The van der Waals surface area contributed by atoms with E-state index in [4.69, 9.17) is 10.2 Å². The van der Waals surface area contributed by atoms with Gasteiger partial charge in [0.05, 0.1) is 19.6 Å². The summed E-state index contributed by atoms with van der Waals surface area (Å²) in [5, 5.41) is 23.9. The number of urea groups is 2. The van der Waals surface area contributed by atoms with Gasteiger partial charge in [-0.15, -0.1) is 0 Å². The average Bonchev–Trinajstić information content (AvgIpc) is 2.94. The van der Waals surface area contributed by atoms with Crippen molar-refractivity contribution in [1.82, 2.24) is 20.7 Å². The van der Waals surface area contributed by atoms with E-state index in [1.165, 1.54) is 4.90 Å². The Morgan fingerprint density at radius 2 is 1.74 bits per heavy atom. The fourth-order valence-corrected chi connectivity index (χ4v) is 3.42. The maximum absolute atomic E-state index is 13.1. The van der Waals surface area contributed by atoms with Crippen molar-refractivity contribution in [1.29, 1.82) is 0 Å². The van der Waals surface area contributed by atoms with Crippen LogP contribution in [0.1, 0.15) is 20.3 Å². The number of amides is 6. The Morgan fingerprint density at radius 1 is 1.16 bits per heavy atom. The highest BCUT2D eigenvalue weighted by atomic mass is 79.9. The van der Waals surface area contributed by atoms with Crippen molar-refractivity contribution in [3.8, 4) is 0 Å². The number of benzene rings is 1. The summed E-state index contributed by atoms with van der Waals surface area (Å²) in [5.74, 6) is -1.79. The Balaban J connectivity index is 2.15. The van der Waals surface area contributed by atoms with E-state index >= 15 is 0 Å². The van der Waals surface area contributed by atoms with E-state index in [1.54, 1.807) is 38.1 Å². The summed E-state index contributed by atoms with van der Waals surface area (Å²) in [5.41, 5.74) is 1.07. The molecule has 1 heterocycles. The Hall–Kier alpha value is -2.70. The predicted octanol–water partition coefficient (Wildman–Crippen LogP) is 0.636. The Labute approximate surface area is 187 Å². The van der Waals surface area contributed by atoms with Crippen molar-refractivity contribution >= 4 is 45.5 Å². The number of nitrogens with one attached hydrogen (secondary N) is 3. The van der Waals surface area contributed by atoms with Crippen LogP contribution in [0.5, 0.6) is 0 Å². The average molecular weight is 500 g/mol. The molecule has 1 aromatic carbocycles. The molecule has 12 heteroatoms. The van der Waals surface area contributed by atoms with E-state index < -0.39 is 35.3 Å². The van der Waals surface area contributed by atoms with Crippen molar-refractivity contribution < 1.29 is 29.4 Å². The zero-order chi connectivity index (χ0) is 23.2. The number of hydrazine groups is 1. The molecule has 1 unspecified atom stereocenters. The lowest BCUT2D eigenvalue weighted by atomic mass is 9.82. The second-order valence-electron chi connectivity index (χ2n) is 7.27. The second-order valence-corrected chi connectivity index (χ2v) is 8.19. The lowest BCUT2D eigenvalue weighted by Crippen LogP contribution is -2.56. The van der Waals surface area contributed by atoms with Gasteiger partial charge in [0.2, 0.25) is 5.91 Å². The van der Waals surface area contributed by atoms with Crippen LogP contribution in [0.15, 0.2) is 28.7 Å². The molecule has 0 spiro atoms. The Bertz CT molecular complexity index is 828. The zero-order valence-corrected chi connectivity index (χ0v) is 18.8. The van der Waals surface area contributed by atoms with Gasteiger partial charge in [-0.1, -0.05) is 29.8 Å². The van der Waals surface area contributed by atoms with Gasteiger partial charge in [0, 0.05) is 23.2 Å². The van der Waals surface area contributed by atoms with E-state index in [0.29, 0.717) is 10.7 Å². The molecule has 31 heavy (non-hydrogen) atoms. The summed E-state index contributed by atoms with van der Waals surface area (Å²) in [4.78, 5) is 51.8. The molecule has 5 N–H and O–H groups in total. The second kappa shape index (κ2) is 10.6. The van der Waals surface area contributed by atoms with E-state index in [1.807, 2.05) is 0 Å². The number of aliphatic hydroxyl groups is 2. The van der Waals surface area contributed by atoms with Crippen molar-refractivity contribution in [3.05, 3.63) is 28.7 Å². The van der Waals surface area contributed by atoms with Crippen LogP contribution in [-0.4, -0.2) is 75.8 Å². The van der Waals surface area contributed by atoms with Crippen LogP contribution in [0.25, 0.3) is 0 Å². The number of anilines is 1. The fourth-order valence-electron chi connectivity index (χ4n) is 3.16. The van der Waals surface area contributed by atoms with Crippen molar-refractivity contribution in [3.63, 3.8) is 0 Å². The van der Waals surface area contributed by atoms with Gasteiger partial charge in [0.25, 0.3) is 5.91 Å². The normalized spacial score (nSPS) is 18.2. The van der Waals surface area contributed by atoms with Crippen molar-refractivity contribution in [2.45, 2.75) is 25.8 Å². The Morgan fingerprint density at radius 3 is 2.26 bits per heavy atom. The lowest BCUT2D eigenvalue weighted by molar-refractivity contribution is -0.142. The van der Waals surface area contributed by atoms with E-state index in [-0.39, 0.29) is 32.7 Å². The minimum Gasteiger partial charge on any atom is -0.395 e. The molecule has 0 aliphatic carbocycles. The lowest BCUT2D eigenvalue weighted by Gasteiger charge is -2.32. The quantitative estimate of drug-likeness (QED) is 0.314. The first-order valence-electron chi connectivity index (χ1n) is 9.64. The minimum atomic E-state index is -1.58. The molecule has 1 aliphatic heterocycles. The smallest absolute Gasteiger partial charge is 0.344 e. The molecular weight excluding hydrogens is 474 g/mol. The zero-order valence-electron chi connectivity index (χ0n) is 17.2. The molecule has 0 saturated carbocycles. The van der Waals surface area contributed by atoms with Gasteiger partial charge in [-0.25, -0.2) is 15.0 Å². The summed E-state index contributed by atoms with van der Waals surface area (Å²) < 4.78 is 0.815. The molecule has 1 atom stereocenters. The standard InChI is InChI=1S/C19H26BrN5O6/c1-12(2)19(11-15(28)24(7-9-26)8-10-27)16(29)25(18(31)22-19)23-17(30)21-14-5-3-13(20)4-6-14/h3-6,12,26-27H,7-11H2,1-2H3,(H,22,31)(H2,21,23,30). The highest BCUT2D eigenvalue weighted by molar-refractivity contribution is 9.10. The summed E-state index contributed by atoms with van der Waals surface area (Å²) in [6.45, 7) is 2.66. The molecule has 0 bridgehead atoms. The number of carbonyl (C=O) groups excluding carboxylic acids is 4. The van der Waals surface area contributed by atoms with Gasteiger partial charge in [-0.3, -0.25) is 9.59 Å². The number of halogens is 1. The highest BCUT2D eigenvalue weighted by Crippen LogP contribution is 2.29. The van der Waals surface area contributed by atoms with Crippen LogP contribution in [-0.2, 0) is 9.59 Å². The van der Waals surface area contributed by atoms with Crippen molar-refractivity contribution in [2.75, 3.05) is 31.6 Å². The van der Waals surface area contributed by atoms with Crippen LogP contribution in [0.3, 0.4) is 0 Å². The molecule has 170 valence electrons. The monoisotopic (exact) mass is 499 g/mol. The molecule has 0 aromatic heterocycles. The number of aliphatic hydroxyl groups excluding tert-OH is 2. The minimum absolute atomic E-state index is 0.0206. The number of carbonyl (C=O) groups is 4. The number of hydrogen-bond donors (Lipinski definition) is 5. The molecule has 1 aliphatic rings. The van der Waals surface area contributed by atoms with Crippen LogP contribution < -0.4 is 16.1 Å². The van der Waals surface area contributed by atoms with Gasteiger partial charge in [0.1, 0.15) is 5.54 Å².